The number of carboxylic acid groups (broad SMARTS) is 1. The van der Waals surface area contributed by atoms with Gasteiger partial charge in [-0.3, -0.25) is 4.79 Å². The summed E-state index contributed by atoms with van der Waals surface area (Å²) in [6.45, 7) is 4.43. The van der Waals surface area contributed by atoms with Crippen molar-refractivity contribution in [2.75, 3.05) is 13.7 Å². The highest BCUT2D eigenvalue weighted by Gasteiger charge is 2.31. The largest absolute Gasteiger partial charge is 0.480 e. The molecule has 3 heterocycles. The number of hydrogen-bond acceptors (Lipinski definition) is 5. The molecule has 8 heteroatoms. The molecular weight excluding hydrogens is 348 g/mol. The Hall–Kier alpha value is -2.64. The average Bonchev–Trinajstić information content (AvgIpc) is 2.97. The molecule has 2 aromatic rings. The van der Waals surface area contributed by atoms with Crippen LogP contribution in [-0.2, 0) is 23.1 Å². The number of aliphatic carboxylic acids is 1. The predicted octanol–water partition coefficient (Wildman–Crippen LogP) is 1.99. The highest BCUT2D eigenvalue weighted by molar-refractivity contribution is 5.87. The third-order valence-electron chi connectivity index (χ3n) is 5.41. The van der Waals surface area contributed by atoms with Crippen LogP contribution in [-0.4, -0.2) is 56.3 Å². The van der Waals surface area contributed by atoms with Crippen molar-refractivity contribution in [3.63, 3.8) is 0 Å². The summed E-state index contributed by atoms with van der Waals surface area (Å²) < 4.78 is 7.06. The second kappa shape index (κ2) is 7.54. The first-order valence-corrected chi connectivity index (χ1v) is 9.24. The zero-order valence-electron chi connectivity index (χ0n) is 16.3. The molecule has 2 aromatic heterocycles. The maximum absolute atomic E-state index is 12.7. The SMILES string of the molecule is COc1nn(C)c2nc(C)c(CCC(=O)N3CCCCC3C(=O)O)c(C)c12. The van der Waals surface area contributed by atoms with Crippen LogP contribution in [0.3, 0.4) is 0 Å². The molecule has 0 saturated carbocycles. The van der Waals surface area contributed by atoms with Crippen LogP contribution < -0.4 is 4.74 Å². The number of ether oxygens (including phenoxy) is 1. The molecule has 1 saturated heterocycles. The number of amides is 1. The van der Waals surface area contributed by atoms with Gasteiger partial charge in [0.2, 0.25) is 11.8 Å². The van der Waals surface area contributed by atoms with Gasteiger partial charge in [0.1, 0.15) is 6.04 Å². The Balaban J connectivity index is 1.84. The molecule has 1 unspecified atom stereocenters. The Bertz CT molecular complexity index is 890. The molecule has 3 rings (SSSR count). The molecule has 1 amide bonds. The fourth-order valence-electron chi connectivity index (χ4n) is 3.97. The van der Waals surface area contributed by atoms with Gasteiger partial charge in [-0.25, -0.2) is 14.5 Å². The number of rotatable bonds is 5. The fraction of sp³-hybridized carbons (Fsp3) is 0.579. The molecule has 0 spiro atoms. The molecule has 0 bridgehead atoms. The first-order valence-electron chi connectivity index (χ1n) is 9.24. The molecule has 1 N–H and O–H groups in total. The van der Waals surface area contributed by atoms with Crippen LogP contribution >= 0.6 is 0 Å². The van der Waals surface area contributed by atoms with Crippen LogP contribution in [0.2, 0.25) is 0 Å². The van der Waals surface area contributed by atoms with Gasteiger partial charge in [0.15, 0.2) is 5.65 Å². The summed E-state index contributed by atoms with van der Waals surface area (Å²) in [5.41, 5.74) is 3.60. The number of likely N-dealkylation sites (tertiary alicyclic amines) is 1. The van der Waals surface area contributed by atoms with Gasteiger partial charge in [0, 0.05) is 25.7 Å². The molecular formula is C19H26N4O4. The van der Waals surface area contributed by atoms with Crippen molar-refractivity contribution < 1.29 is 19.4 Å². The van der Waals surface area contributed by atoms with Crippen LogP contribution in [0, 0.1) is 13.8 Å². The second-order valence-electron chi connectivity index (χ2n) is 7.07. The summed E-state index contributed by atoms with van der Waals surface area (Å²) >= 11 is 0. The number of hydrogen-bond donors (Lipinski definition) is 1. The number of piperidine rings is 1. The summed E-state index contributed by atoms with van der Waals surface area (Å²) in [6.07, 6.45) is 3.01. The van der Waals surface area contributed by atoms with Gasteiger partial charge in [0.05, 0.1) is 12.5 Å². The Morgan fingerprint density at radius 3 is 2.70 bits per heavy atom. The number of aryl methyl sites for hydroxylation is 3. The van der Waals surface area contributed by atoms with Crippen molar-refractivity contribution in [2.45, 2.75) is 52.0 Å². The first-order chi connectivity index (χ1) is 12.8. The van der Waals surface area contributed by atoms with Gasteiger partial charge in [-0.15, -0.1) is 5.10 Å². The molecule has 8 nitrogen and oxygen atoms in total. The highest BCUT2D eigenvalue weighted by Crippen LogP contribution is 2.30. The first kappa shape index (κ1) is 19.1. The summed E-state index contributed by atoms with van der Waals surface area (Å²) in [5, 5.41) is 14.6. The van der Waals surface area contributed by atoms with Gasteiger partial charge >= 0.3 is 5.97 Å². The third kappa shape index (κ3) is 3.48. The summed E-state index contributed by atoms with van der Waals surface area (Å²) in [4.78, 5) is 30.3. The monoisotopic (exact) mass is 374 g/mol. The predicted molar refractivity (Wildman–Crippen MR) is 99.8 cm³/mol. The topological polar surface area (TPSA) is 97.5 Å². The Labute approximate surface area is 158 Å². The fourth-order valence-corrected chi connectivity index (χ4v) is 3.97. The van der Waals surface area contributed by atoms with Gasteiger partial charge in [-0.1, -0.05) is 0 Å². The maximum Gasteiger partial charge on any atom is 0.326 e. The number of carbonyl (C=O) groups excluding carboxylic acids is 1. The minimum atomic E-state index is -0.918. The minimum Gasteiger partial charge on any atom is -0.480 e. The van der Waals surface area contributed by atoms with Gasteiger partial charge in [0.25, 0.3) is 0 Å². The van der Waals surface area contributed by atoms with Crippen molar-refractivity contribution in [3.8, 4) is 5.88 Å². The molecule has 0 aromatic carbocycles. The number of aromatic nitrogens is 3. The summed E-state index contributed by atoms with van der Waals surface area (Å²) in [6, 6.07) is -0.701. The van der Waals surface area contributed by atoms with Crippen molar-refractivity contribution in [1.29, 1.82) is 0 Å². The Morgan fingerprint density at radius 2 is 2.04 bits per heavy atom. The number of methoxy groups -OCH3 is 1. The summed E-state index contributed by atoms with van der Waals surface area (Å²) in [5.74, 6) is -0.509. The van der Waals surface area contributed by atoms with Crippen LogP contribution in [0.15, 0.2) is 0 Å². The smallest absolute Gasteiger partial charge is 0.326 e. The zero-order chi connectivity index (χ0) is 19.7. The van der Waals surface area contributed by atoms with Crippen LogP contribution in [0.25, 0.3) is 11.0 Å². The summed E-state index contributed by atoms with van der Waals surface area (Å²) in [7, 11) is 3.40. The molecule has 1 aliphatic rings. The van der Waals surface area contributed by atoms with Gasteiger partial charge < -0.3 is 14.7 Å². The van der Waals surface area contributed by atoms with Crippen LogP contribution in [0.4, 0.5) is 0 Å². The van der Waals surface area contributed by atoms with Gasteiger partial charge in [-0.2, -0.15) is 0 Å². The van der Waals surface area contributed by atoms with E-state index >= 15 is 0 Å². The second-order valence-corrected chi connectivity index (χ2v) is 7.07. The number of carbonyl (C=O) groups is 2. The van der Waals surface area contributed by atoms with E-state index in [-0.39, 0.29) is 12.3 Å². The van der Waals surface area contributed by atoms with E-state index in [2.05, 4.69) is 10.1 Å². The van der Waals surface area contributed by atoms with Crippen molar-refractivity contribution in [2.24, 2.45) is 7.05 Å². The lowest BCUT2D eigenvalue weighted by Crippen LogP contribution is -2.48. The normalized spacial score (nSPS) is 17.3. The molecule has 0 radical (unpaired) electrons. The van der Waals surface area contributed by atoms with E-state index in [1.54, 1.807) is 11.8 Å². The molecule has 1 fully saturated rings. The van der Waals surface area contributed by atoms with Crippen molar-refractivity contribution in [1.82, 2.24) is 19.7 Å². The highest BCUT2D eigenvalue weighted by atomic mass is 16.5. The average molecular weight is 374 g/mol. The van der Waals surface area contributed by atoms with Crippen molar-refractivity contribution >= 4 is 22.9 Å². The lowest BCUT2D eigenvalue weighted by atomic mass is 9.98. The lowest BCUT2D eigenvalue weighted by molar-refractivity contribution is -0.152. The Kier molecular flexibility index (Phi) is 5.34. The van der Waals surface area contributed by atoms with Crippen LogP contribution in [0.5, 0.6) is 5.88 Å². The number of pyridine rings is 1. The van der Waals surface area contributed by atoms with Crippen molar-refractivity contribution in [3.05, 3.63) is 16.8 Å². The molecule has 146 valence electrons. The number of fused-ring (bicyclic) bond motifs is 1. The van der Waals surface area contributed by atoms with Gasteiger partial charge in [-0.05, 0) is 50.7 Å². The Morgan fingerprint density at radius 1 is 1.30 bits per heavy atom. The van der Waals surface area contributed by atoms with E-state index < -0.39 is 12.0 Å². The molecule has 1 atom stereocenters. The molecule has 27 heavy (non-hydrogen) atoms. The third-order valence-corrected chi connectivity index (χ3v) is 5.41. The van der Waals surface area contributed by atoms with E-state index in [1.165, 1.54) is 4.90 Å². The molecule has 1 aliphatic heterocycles. The van der Waals surface area contributed by atoms with E-state index in [1.807, 2.05) is 20.9 Å². The number of carboxylic acids is 1. The minimum absolute atomic E-state index is 0.112. The van der Waals surface area contributed by atoms with E-state index in [0.717, 1.165) is 40.7 Å². The lowest BCUT2D eigenvalue weighted by Gasteiger charge is -2.33. The van der Waals surface area contributed by atoms with Crippen LogP contribution in [0.1, 0.15) is 42.5 Å². The number of nitrogens with zero attached hydrogens (tertiary/aromatic N) is 4. The zero-order valence-corrected chi connectivity index (χ0v) is 16.3. The standard InChI is InChI=1S/C19H26N4O4/c1-11-13(12(2)20-17-16(11)18(27-4)21-22(17)3)8-9-15(24)23-10-6-5-7-14(23)19(25)26/h14H,5-10H2,1-4H3,(H,25,26). The molecule has 0 aliphatic carbocycles. The van der Waals surface area contributed by atoms with E-state index in [9.17, 15) is 14.7 Å². The van der Waals surface area contributed by atoms with E-state index in [0.29, 0.717) is 25.3 Å². The van der Waals surface area contributed by atoms with E-state index in [4.69, 9.17) is 4.74 Å². The maximum atomic E-state index is 12.7. The quantitative estimate of drug-likeness (QED) is 0.860.